The molecule has 4 aliphatic rings. The Hall–Kier alpha value is -4.69. The van der Waals surface area contributed by atoms with Gasteiger partial charge in [0.05, 0.1) is 23.6 Å². The SMILES string of the molecule is O=C(C1=C[C@@H]2[C@H]3C(=O)N(c4ccc5c(c4)OCO5)C(=O)[C@H]3[C@@H](C(=O)c3ccc(Cl)cc3)N2C=C1)c1ccccc1. The topological polar surface area (TPSA) is 93.2 Å². The minimum absolute atomic E-state index is 0.0516. The molecule has 40 heavy (non-hydrogen) atoms. The van der Waals surface area contributed by atoms with Crippen LogP contribution >= 0.6 is 11.6 Å². The predicted molar refractivity (Wildman–Crippen MR) is 145 cm³/mol. The Morgan fingerprint density at radius 1 is 0.825 bits per heavy atom. The molecule has 0 spiro atoms. The average Bonchev–Trinajstić information content (AvgIpc) is 3.65. The molecule has 2 saturated heterocycles. The molecule has 3 aromatic carbocycles. The Bertz CT molecular complexity index is 1650. The maximum Gasteiger partial charge on any atom is 0.240 e. The predicted octanol–water partition coefficient (Wildman–Crippen LogP) is 4.45. The maximum absolute atomic E-state index is 14.0. The maximum atomic E-state index is 14.0. The van der Waals surface area contributed by atoms with Gasteiger partial charge in [0.2, 0.25) is 18.6 Å². The summed E-state index contributed by atoms with van der Waals surface area (Å²) < 4.78 is 10.8. The van der Waals surface area contributed by atoms with Gasteiger partial charge < -0.3 is 14.4 Å². The van der Waals surface area contributed by atoms with E-state index >= 15 is 0 Å². The van der Waals surface area contributed by atoms with Crippen molar-refractivity contribution in [1.82, 2.24) is 4.90 Å². The van der Waals surface area contributed by atoms with E-state index in [9.17, 15) is 19.2 Å². The normalized spacial score (nSPS) is 24.2. The van der Waals surface area contributed by atoms with Crippen molar-refractivity contribution in [1.29, 1.82) is 0 Å². The number of carbonyl (C=O) groups is 4. The molecule has 3 aromatic rings. The Labute approximate surface area is 234 Å². The first-order chi connectivity index (χ1) is 19.4. The summed E-state index contributed by atoms with van der Waals surface area (Å²) in [7, 11) is 0. The third kappa shape index (κ3) is 3.67. The van der Waals surface area contributed by atoms with E-state index < -0.39 is 35.7 Å². The zero-order chi connectivity index (χ0) is 27.5. The van der Waals surface area contributed by atoms with Gasteiger partial charge in [0.25, 0.3) is 0 Å². The Morgan fingerprint density at radius 3 is 2.33 bits per heavy atom. The highest BCUT2D eigenvalue weighted by Crippen LogP contribution is 2.48. The molecule has 0 bridgehead atoms. The van der Waals surface area contributed by atoms with Crippen molar-refractivity contribution in [3.05, 3.63) is 113 Å². The Kier molecular flexibility index (Phi) is 5.61. The number of rotatable bonds is 5. The van der Waals surface area contributed by atoms with E-state index in [1.54, 1.807) is 90.0 Å². The van der Waals surface area contributed by atoms with Crippen molar-refractivity contribution in [2.45, 2.75) is 12.1 Å². The number of ether oxygens (including phenoxy) is 2. The van der Waals surface area contributed by atoms with Crippen molar-refractivity contribution in [3.8, 4) is 11.5 Å². The van der Waals surface area contributed by atoms with Crippen molar-refractivity contribution in [2.24, 2.45) is 11.8 Å². The monoisotopic (exact) mass is 552 g/mol. The number of ketones is 2. The number of halogens is 1. The molecule has 7 rings (SSSR count). The lowest BCUT2D eigenvalue weighted by Gasteiger charge is -2.32. The second kappa shape index (κ2) is 9.20. The summed E-state index contributed by atoms with van der Waals surface area (Å²) in [6.45, 7) is 0.0516. The minimum atomic E-state index is -0.960. The Balaban J connectivity index is 1.30. The summed E-state index contributed by atoms with van der Waals surface area (Å²) in [5.41, 5.74) is 1.62. The fraction of sp³-hybridized carbons (Fsp3) is 0.161. The second-order valence-electron chi connectivity index (χ2n) is 9.99. The van der Waals surface area contributed by atoms with Crippen molar-refractivity contribution in [2.75, 3.05) is 11.7 Å². The van der Waals surface area contributed by atoms with Gasteiger partial charge in [-0.2, -0.15) is 0 Å². The van der Waals surface area contributed by atoms with Crippen molar-refractivity contribution < 1.29 is 28.7 Å². The van der Waals surface area contributed by atoms with Crippen LogP contribution in [-0.2, 0) is 9.59 Å². The van der Waals surface area contributed by atoms with Crippen molar-refractivity contribution in [3.63, 3.8) is 0 Å². The summed E-state index contributed by atoms with van der Waals surface area (Å²) in [5.74, 6) is -2.30. The summed E-state index contributed by atoms with van der Waals surface area (Å²) in [4.78, 5) is 58.1. The van der Waals surface area contributed by atoms with Gasteiger partial charge in [-0.05, 0) is 42.5 Å². The first kappa shape index (κ1) is 24.4. The van der Waals surface area contributed by atoms with E-state index in [-0.39, 0.29) is 18.4 Å². The third-order valence-electron chi connectivity index (χ3n) is 7.86. The minimum Gasteiger partial charge on any atom is -0.454 e. The molecule has 0 radical (unpaired) electrons. The highest BCUT2D eigenvalue weighted by molar-refractivity contribution is 6.30. The van der Waals surface area contributed by atoms with Crippen LogP contribution in [0.25, 0.3) is 0 Å². The number of imide groups is 1. The highest BCUT2D eigenvalue weighted by atomic mass is 35.5. The summed E-state index contributed by atoms with van der Waals surface area (Å²) >= 11 is 6.04. The Morgan fingerprint density at radius 2 is 1.55 bits per heavy atom. The van der Waals surface area contributed by atoms with Crippen LogP contribution in [0, 0.1) is 11.8 Å². The molecule has 0 N–H and O–H groups in total. The fourth-order valence-electron chi connectivity index (χ4n) is 6.02. The van der Waals surface area contributed by atoms with Crippen LogP contribution in [0.3, 0.4) is 0 Å². The van der Waals surface area contributed by atoms with E-state index in [1.807, 2.05) is 6.07 Å². The highest BCUT2D eigenvalue weighted by Gasteiger charge is 2.63. The van der Waals surface area contributed by atoms with Crippen LogP contribution in [0.4, 0.5) is 5.69 Å². The molecule has 2 amide bonds. The molecule has 4 atom stereocenters. The summed E-state index contributed by atoms with van der Waals surface area (Å²) in [6, 6.07) is 18.5. The lowest BCUT2D eigenvalue weighted by atomic mass is 9.85. The van der Waals surface area contributed by atoms with Gasteiger partial charge in [-0.25, -0.2) is 4.90 Å². The van der Waals surface area contributed by atoms with Gasteiger partial charge in [-0.1, -0.05) is 48.0 Å². The first-order valence-corrected chi connectivity index (χ1v) is 13.1. The van der Waals surface area contributed by atoms with Gasteiger partial charge in [-0.3, -0.25) is 19.2 Å². The number of anilines is 1. The molecule has 4 aliphatic heterocycles. The smallest absolute Gasteiger partial charge is 0.240 e. The molecule has 8 nitrogen and oxygen atoms in total. The van der Waals surface area contributed by atoms with Crippen LogP contribution in [0.2, 0.25) is 5.02 Å². The first-order valence-electron chi connectivity index (χ1n) is 12.8. The van der Waals surface area contributed by atoms with Crippen molar-refractivity contribution >= 4 is 40.7 Å². The molecule has 0 aliphatic carbocycles. The van der Waals surface area contributed by atoms with E-state index in [1.165, 1.54) is 0 Å². The number of allylic oxidation sites excluding steroid dienone is 2. The number of hydrogen-bond acceptors (Lipinski definition) is 7. The molecule has 9 heteroatoms. The molecule has 0 saturated carbocycles. The van der Waals surface area contributed by atoms with E-state index in [2.05, 4.69) is 0 Å². The molecular weight excluding hydrogens is 532 g/mol. The summed E-state index contributed by atoms with van der Waals surface area (Å²) in [6.07, 6.45) is 5.00. The largest absolute Gasteiger partial charge is 0.454 e. The van der Waals surface area contributed by atoms with Gasteiger partial charge >= 0.3 is 0 Å². The molecule has 0 unspecified atom stereocenters. The molecular formula is C31H21ClN2O6. The molecule has 0 aromatic heterocycles. The van der Waals surface area contributed by atoms with Crippen LogP contribution < -0.4 is 14.4 Å². The van der Waals surface area contributed by atoms with E-state index in [0.717, 1.165) is 4.90 Å². The number of hydrogen-bond donors (Lipinski definition) is 0. The van der Waals surface area contributed by atoms with Gasteiger partial charge in [0, 0.05) is 34.0 Å². The average molecular weight is 553 g/mol. The zero-order valence-corrected chi connectivity index (χ0v) is 21.7. The van der Waals surface area contributed by atoms with Gasteiger partial charge in [0.15, 0.2) is 23.1 Å². The van der Waals surface area contributed by atoms with Crippen LogP contribution in [0.15, 0.2) is 96.7 Å². The number of fused-ring (bicyclic) bond motifs is 4. The molecule has 4 heterocycles. The van der Waals surface area contributed by atoms with Crippen LogP contribution in [0.5, 0.6) is 11.5 Å². The standard InChI is InChI=1S/C31H21ClN2O6/c32-20-8-6-18(7-9-20)29(36)27-26-25(22-14-19(12-13-33(22)27)28(35)17-4-2-1-3-5-17)30(37)34(31(26)38)21-10-11-23-24(15-21)40-16-39-23/h1-15,22,25-27H,16H2/t22-,25-,26-,27+/m1/s1. The molecule has 198 valence electrons. The quantitative estimate of drug-likeness (QED) is 0.341. The van der Waals surface area contributed by atoms with Crippen LogP contribution in [0.1, 0.15) is 20.7 Å². The molecule has 2 fully saturated rings. The number of nitrogens with zero attached hydrogens (tertiary/aromatic N) is 2. The number of carbonyl (C=O) groups excluding carboxylic acids is 4. The zero-order valence-electron chi connectivity index (χ0n) is 20.9. The van der Waals surface area contributed by atoms with Gasteiger partial charge in [0.1, 0.15) is 6.04 Å². The fourth-order valence-corrected chi connectivity index (χ4v) is 6.14. The second-order valence-corrected chi connectivity index (χ2v) is 10.4. The third-order valence-corrected chi connectivity index (χ3v) is 8.11. The van der Waals surface area contributed by atoms with E-state index in [4.69, 9.17) is 21.1 Å². The lowest BCUT2D eigenvalue weighted by molar-refractivity contribution is -0.123. The summed E-state index contributed by atoms with van der Waals surface area (Å²) in [5, 5.41) is 0.477. The van der Waals surface area contributed by atoms with Gasteiger partial charge in [-0.15, -0.1) is 0 Å². The number of benzene rings is 3. The van der Waals surface area contributed by atoms with Crippen LogP contribution in [-0.4, -0.2) is 47.2 Å². The number of amides is 2. The van der Waals surface area contributed by atoms with E-state index in [0.29, 0.717) is 38.9 Å². The number of Topliss-reactive ketones (excluding diaryl/α,β-unsaturated/α-hetero) is 2. The lowest BCUT2D eigenvalue weighted by Crippen LogP contribution is -2.46.